The Morgan fingerprint density at radius 1 is 1.18 bits per heavy atom. The van der Waals surface area contributed by atoms with Crippen LogP contribution in [0.15, 0.2) is 24.3 Å². The predicted molar refractivity (Wildman–Crippen MR) is 78.2 cm³/mol. The third-order valence-electron chi connectivity index (χ3n) is 4.27. The van der Waals surface area contributed by atoms with E-state index in [0.29, 0.717) is 17.5 Å². The van der Waals surface area contributed by atoms with Crippen LogP contribution in [0.2, 0.25) is 0 Å². The first-order valence-electron chi connectivity index (χ1n) is 7.50. The highest BCUT2D eigenvalue weighted by atomic mass is 16.3. The number of imide groups is 1. The van der Waals surface area contributed by atoms with Gasteiger partial charge in [0.05, 0.1) is 23.3 Å². The van der Waals surface area contributed by atoms with E-state index < -0.39 is 6.10 Å². The Bertz CT molecular complexity index is 593. The fraction of sp³-hybridized carbons (Fsp3) is 0.438. The van der Waals surface area contributed by atoms with Gasteiger partial charge < -0.3 is 10.4 Å². The van der Waals surface area contributed by atoms with Crippen molar-refractivity contribution in [1.82, 2.24) is 10.2 Å². The molecule has 1 aromatic rings. The van der Waals surface area contributed by atoms with Crippen molar-refractivity contribution >= 4 is 17.7 Å². The Labute approximate surface area is 128 Å². The molecule has 0 saturated heterocycles. The highest BCUT2D eigenvalue weighted by Gasteiger charge is 2.35. The van der Waals surface area contributed by atoms with E-state index in [1.165, 1.54) is 0 Å². The maximum absolute atomic E-state index is 12.1. The number of hydrogen-bond acceptors (Lipinski definition) is 4. The van der Waals surface area contributed by atoms with E-state index in [2.05, 4.69) is 5.32 Å². The van der Waals surface area contributed by atoms with Crippen molar-refractivity contribution in [3.05, 3.63) is 35.4 Å². The molecule has 0 bridgehead atoms. The normalized spacial score (nSPS) is 23.8. The minimum Gasteiger partial charge on any atom is -0.391 e. The van der Waals surface area contributed by atoms with E-state index in [9.17, 15) is 19.5 Å². The van der Waals surface area contributed by atoms with Crippen molar-refractivity contribution in [3.8, 4) is 0 Å². The molecule has 0 spiro atoms. The zero-order valence-corrected chi connectivity index (χ0v) is 12.1. The van der Waals surface area contributed by atoms with Gasteiger partial charge in [-0.25, -0.2) is 0 Å². The number of hydrogen-bond donors (Lipinski definition) is 2. The third kappa shape index (κ3) is 2.62. The molecule has 1 aliphatic heterocycles. The molecule has 1 aliphatic carbocycles. The minimum absolute atomic E-state index is 0.0503. The zero-order chi connectivity index (χ0) is 15.7. The maximum atomic E-state index is 12.1. The van der Waals surface area contributed by atoms with Crippen molar-refractivity contribution in [3.63, 3.8) is 0 Å². The van der Waals surface area contributed by atoms with Crippen LogP contribution in [-0.2, 0) is 4.79 Å². The summed E-state index contributed by atoms with van der Waals surface area (Å²) in [5.74, 6) is -0.953. The molecule has 2 atom stereocenters. The summed E-state index contributed by atoms with van der Waals surface area (Å²) in [5.41, 5.74) is 0.776. The number of fused-ring (bicyclic) bond motifs is 1. The van der Waals surface area contributed by atoms with Gasteiger partial charge in [0.2, 0.25) is 5.91 Å². The number of amides is 3. The summed E-state index contributed by atoms with van der Waals surface area (Å²) in [6.07, 6.45) is 1.91. The third-order valence-corrected chi connectivity index (χ3v) is 4.27. The second-order valence-corrected chi connectivity index (χ2v) is 5.73. The molecule has 6 nitrogen and oxygen atoms in total. The van der Waals surface area contributed by atoms with Crippen LogP contribution in [0.4, 0.5) is 0 Å². The van der Waals surface area contributed by atoms with Crippen LogP contribution in [-0.4, -0.2) is 46.4 Å². The molecule has 1 heterocycles. The van der Waals surface area contributed by atoms with Crippen molar-refractivity contribution < 1.29 is 19.5 Å². The lowest BCUT2D eigenvalue weighted by Crippen LogP contribution is -2.41. The second-order valence-electron chi connectivity index (χ2n) is 5.73. The summed E-state index contributed by atoms with van der Waals surface area (Å²) in [4.78, 5) is 37.3. The van der Waals surface area contributed by atoms with Gasteiger partial charge in [-0.3, -0.25) is 19.3 Å². The summed E-state index contributed by atoms with van der Waals surface area (Å²) in [7, 11) is 0. The van der Waals surface area contributed by atoms with Gasteiger partial charge in [-0.1, -0.05) is 12.1 Å². The topological polar surface area (TPSA) is 86.7 Å². The van der Waals surface area contributed by atoms with Crippen molar-refractivity contribution in [2.75, 3.05) is 6.54 Å². The van der Waals surface area contributed by atoms with Crippen molar-refractivity contribution in [2.45, 2.75) is 37.8 Å². The number of benzene rings is 1. The molecule has 1 fully saturated rings. The standard InChI is InChI=1S/C16H18N2O4/c19-13-7-3-6-12(13)17-14(20)8-9-18-15(21)10-4-1-2-5-11(10)16(18)22/h1-2,4-5,12-13,19H,3,6-9H2,(H,17,20). The number of nitrogens with zero attached hydrogens (tertiary/aromatic N) is 1. The van der Waals surface area contributed by atoms with Crippen LogP contribution >= 0.6 is 0 Å². The van der Waals surface area contributed by atoms with Gasteiger partial charge in [-0.2, -0.15) is 0 Å². The highest BCUT2D eigenvalue weighted by molar-refractivity contribution is 6.21. The van der Waals surface area contributed by atoms with Gasteiger partial charge in [0.1, 0.15) is 0 Å². The molecule has 3 rings (SSSR count). The predicted octanol–water partition coefficient (Wildman–Crippen LogP) is 0.702. The summed E-state index contributed by atoms with van der Waals surface area (Å²) in [6, 6.07) is 6.44. The van der Waals surface area contributed by atoms with Gasteiger partial charge in [0.15, 0.2) is 0 Å². The van der Waals surface area contributed by atoms with Crippen molar-refractivity contribution in [2.24, 2.45) is 0 Å². The zero-order valence-electron chi connectivity index (χ0n) is 12.1. The average molecular weight is 302 g/mol. The van der Waals surface area contributed by atoms with E-state index in [1.54, 1.807) is 24.3 Å². The first-order chi connectivity index (χ1) is 10.6. The van der Waals surface area contributed by atoms with E-state index >= 15 is 0 Å². The number of carbonyl (C=O) groups is 3. The maximum Gasteiger partial charge on any atom is 0.261 e. The molecule has 22 heavy (non-hydrogen) atoms. The van der Waals surface area contributed by atoms with Gasteiger partial charge in [-0.15, -0.1) is 0 Å². The fourth-order valence-corrected chi connectivity index (χ4v) is 3.04. The van der Waals surface area contributed by atoms with Gasteiger partial charge in [0, 0.05) is 13.0 Å². The summed E-state index contributed by atoms with van der Waals surface area (Å²) >= 11 is 0. The van der Waals surface area contributed by atoms with Crippen LogP contribution in [0, 0.1) is 0 Å². The highest BCUT2D eigenvalue weighted by Crippen LogP contribution is 2.22. The number of rotatable bonds is 4. The lowest BCUT2D eigenvalue weighted by Gasteiger charge is -2.18. The first-order valence-corrected chi connectivity index (χ1v) is 7.50. The average Bonchev–Trinajstić information content (AvgIpc) is 3.01. The van der Waals surface area contributed by atoms with E-state index in [4.69, 9.17) is 0 Å². The Balaban J connectivity index is 1.57. The van der Waals surface area contributed by atoms with E-state index in [-0.39, 0.29) is 36.7 Å². The minimum atomic E-state index is -0.497. The SMILES string of the molecule is O=C(CCN1C(=O)c2ccccc2C1=O)NC1CCCC1O. The molecule has 0 radical (unpaired) electrons. The number of aliphatic hydroxyl groups excluding tert-OH is 1. The Kier molecular flexibility index (Phi) is 3.94. The summed E-state index contributed by atoms with van der Waals surface area (Å²) in [6.45, 7) is 0.0565. The summed E-state index contributed by atoms with van der Waals surface area (Å²) in [5, 5.41) is 12.5. The summed E-state index contributed by atoms with van der Waals surface area (Å²) < 4.78 is 0. The van der Waals surface area contributed by atoms with Crippen LogP contribution in [0.25, 0.3) is 0 Å². The molecule has 0 aromatic heterocycles. The molecule has 3 amide bonds. The van der Waals surface area contributed by atoms with Gasteiger partial charge in [0.25, 0.3) is 11.8 Å². The Hall–Kier alpha value is -2.21. The molecule has 116 valence electrons. The Morgan fingerprint density at radius 2 is 1.82 bits per heavy atom. The second kappa shape index (κ2) is 5.88. The lowest BCUT2D eigenvalue weighted by molar-refractivity contribution is -0.122. The van der Waals surface area contributed by atoms with Crippen LogP contribution < -0.4 is 5.32 Å². The van der Waals surface area contributed by atoms with E-state index in [1.807, 2.05) is 0 Å². The molecule has 1 aromatic carbocycles. The number of carbonyl (C=O) groups excluding carboxylic acids is 3. The van der Waals surface area contributed by atoms with Crippen LogP contribution in [0.3, 0.4) is 0 Å². The molecule has 2 aliphatic rings. The fourth-order valence-electron chi connectivity index (χ4n) is 3.04. The monoisotopic (exact) mass is 302 g/mol. The van der Waals surface area contributed by atoms with Crippen molar-refractivity contribution in [1.29, 1.82) is 0 Å². The molecule has 2 unspecified atom stereocenters. The number of nitrogens with one attached hydrogen (secondary N) is 1. The lowest BCUT2D eigenvalue weighted by atomic mass is 10.1. The van der Waals surface area contributed by atoms with Gasteiger partial charge >= 0.3 is 0 Å². The van der Waals surface area contributed by atoms with Crippen LogP contribution in [0.1, 0.15) is 46.4 Å². The Morgan fingerprint density at radius 3 is 2.36 bits per heavy atom. The molecule has 1 saturated carbocycles. The van der Waals surface area contributed by atoms with Gasteiger partial charge in [-0.05, 0) is 31.4 Å². The largest absolute Gasteiger partial charge is 0.391 e. The first kappa shape index (κ1) is 14.7. The molecular weight excluding hydrogens is 284 g/mol. The quantitative estimate of drug-likeness (QED) is 0.802. The van der Waals surface area contributed by atoms with E-state index in [0.717, 1.165) is 17.7 Å². The molecular formula is C16H18N2O4. The molecule has 6 heteroatoms. The molecule has 2 N–H and O–H groups in total. The number of aliphatic hydroxyl groups is 1. The van der Waals surface area contributed by atoms with Crippen LogP contribution in [0.5, 0.6) is 0 Å². The smallest absolute Gasteiger partial charge is 0.261 e.